The minimum Gasteiger partial charge on any atom is -0.409 e. The fourth-order valence-corrected chi connectivity index (χ4v) is 3.12. The summed E-state index contributed by atoms with van der Waals surface area (Å²) in [5.74, 6) is -0.0316. The van der Waals surface area contributed by atoms with Crippen LogP contribution < -0.4 is 10.6 Å². The number of hydrogen-bond acceptors (Lipinski definition) is 4. The van der Waals surface area contributed by atoms with Gasteiger partial charge in [-0.3, -0.25) is 0 Å². The Labute approximate surface area is 123 Å². The Morgan fingerprint density at radius 2 is 2.10 bits per heavy atom. The molecule has 110 valence electrons. The summed E-state index contributed by atoms with van der Waals surface area (Å²) in [5.41, 5.74) is 6.26. The molecule has 1 saturated carbocycles. The summed E-state index contributed by atoms with van der Waals surface area (Å²) in [6.07, 6.45) is 3.70. The van der Waals surface area contributed by atoms with Gasteiger partial charge in [0.25, 0.3) is 0 Å². The highest BCUT2D eigenvalue weighted by Crippen LogP contribution is 2.33. The van der Waals surface area contributed by atoms with Crippen molar-refractivity contribution in [2.45, 2.75) is 31.3 Å². The second kappa shape index (κ2) is 5.89. The van der Waals surface area contributed by atoms with Gasteiger partial charge in [-0.2, -0.15) is 0 Å². The zero-order valence-electron chi connectivity index (χ0n) is 11.5. The van der Waals surface area contributed by atoms with Gasteiger partial charge in [-0.1, -0.05) is 35.7 Å². The number of nitrogens with zero attached hydrogens (tertiary/aromatic N) is 2. The summed E-state index contributed by atoms with van der Waals surface area (Å²) < 4.78 is 0. The van der Waals surface area contributed by atoms with E-state index in [9.17, 15) is 5.11 Å². The molecule has 0 radical (unpaired) electrons. The molecule has 0 aromatic heterocycles. The molecule has 0 unspecified atom stereocenters. The van der Waals surface area contributed by atoms with Crippen molar-refractivity contribution in [1.82, 2.24) is 0 Å². The topological polar surface area (TPSA) is 82.1 Å². The lowest BCUT2D eigenvalue weighted by Crippen LogP contribution is -2.40. The van der Waals surface area contributed by atoms with Gasteiger partial charge in [0, 0.05) is 19.3 Å². The van der Waals surface area contributed by atoms with E-state index in [4.69, 9.17) is 22.5 Å². The summed E-state index contributed by atoms with van der Waals surface area (Å²) in [7, 11) is 1.87. The lowest BCUT2D eigenvalue weighted by Gasteiger charge is -2.31. The Bertz CT molecular complexity index is 513. The van der Waals surface area contributed by atoms with Crippen molar-refractivity contribution in [3.05, 3.63) is 28.8 Å². The fraction of sp³-hybridized carbons (Fsp3) is 0.500. The van der Waals surface area contributed by atoms with Crippen LogP contribution in [0.3, 0.4) is 0 Å². The molecule has 5 nitrogen and oxygen atoms in total. The maximum atomic E-state index is 10.5. The summed E-state index contributed by atoms with van der Waals surface area (Å²) in [6.45, 7) is 0.499. The Morgan fingerprint density at radius 1 is 1.45 bits per heavy atom. The third-order valence-corrected chi connectivity index (χ3v) is 4.15. The van der Waals surface area contributed by atoms with Crippen molar-refractivity contribution >= 4 is 23.1 Å². The van der Waals surface area contributed by atoms with E-state index in [0.29, 0.717) is 17.1 Å². The van der Waals surface area contributed by atoms with Gasteiger partial charge in [-0.15, -0.1) is 0 Å². The summed E-state index contributed by atoms with van der Waals surface area (Å²) in [5, 5.41) is 22.8. The second-order valence-corrected chi connectivity index (χ2v) is 5.81. The normalized spacial score (nSPS) is 18.2. The molecule has 0 bridgehead atoms. The highest BCUT2D eigenvalue weighted by Gasteiger charge is 2.33. The van der Waals surface area contributed by atoms with Gasteiger partial charge >= 0.3 is 0 Å². The molecule has 0 atom stereocenters. The Hall–Kier alpha value is -1.46. The molecule has 0 spiro atoms. The minimum atomic E-state index is -0.667. The smallest absolute Gasteiger partial charge is 0.173 e. The number of hydrogen-bond donors (Lipinski definition) is 3. The molecule has 1 aromatic rings. The predicted octanol–water partition coefficient (Wildman–Crippen LogP) is 2.18. The van der Waals surface area contributed by atoms with Crippen LogP contribution >= 0.6 is 11.6 Å². The van der Waals surface area contributed by atoms with Gasteiger partial charge in [0.05, 0.1) is 16.2 Å². The molecule has 4 N–H and O–H groups in total. The number of likely N-dealkylation sites (N-methyl/N-ethyl adjacent to an activating group) is 1. The molecule has 0 heterocycles. The van der Waals surface area contributed by atoms with E-state index >= 15 is 0 Å². The standard InChI is InChI=1S/C14H20ClN3O2/c1-18(9-14(19)7-2-3-8-14)11-6-4-5-10(15)12(11)13(16)17-20/h4-6,19-20H,2-3,7-9H2,1H3,(H2,16,17). The largest absolute Gasteiger partial charge is 0.409 e. The zero-order valence-corrected chi connectivity index (χ0v) is 12.3. The lowest BCUT2D eigenvalue weighted by atomic mass is 10.0. The van der Waals surface area contributed by atoms with Crippen molar-refractivity contribution in [3.63, 3.8) is 0 Å². The maximum absolute atomic E-state index is 10.5. The molecule has 1 aromatic carbocycles. The number of rotatable bonds is 4. The minimum absolute atomic E-state index is 0.0316. The number of benzene rings is 1. The summed E-state index contributed by atoms with van der Waals surface area (Å²) in [6, 6.07) is 5.34. The number of nitrogens with two attached hydrogens (primary N) is 1. The van der Waals surface area contributed by atoms with Crippen LogP contribution in [-0.4, -0.2) is 35.3 Å². The first kappa shape index (κ1) is 14.9. The van der Waals surface area contributed by atoms with Gasteiger partial charge in [0.1, 0.15) is 0 Å². The van der Waals surface area contributed by atoms with Crippen LogP contribution in [0.2, 0.25) is 5.02 Å². The number of amidine groups is 1. The van der Waals surface area contributed by atoms with Crippen LogP contribution in [0.1, 0.15) is 31.2 Å². The number of oxime groups is 1. The third-order valence-electron chi connectivity index (χ3n) is 3.83. The average Bonchev–Trinajstić information content (AvgIpc) is 2.84. The maximum Gasteiger partial charge on any atom is 0.173 e. The Morgan fingerprint density at radius 3 is 2.70 bits per heavy atom. The molecule has 1 aliphatic carbocycles. The van der Waals surface area contributed by atoms with E-state index in [1.807, 2.05) is 18.0 Å². The van der Waals surface area contributed by atoms with Crippen molar-refractivity contribution in [3.8, 4) is 0 Å². The van der Waals surface area contributed by atoms with Gasteiger partial charge in [0.2, 0.25) is 0 Å². The molecule has 0 amide bonds. The molecule has 1 aliphatic rings. The van der Waals surface area contributed by atoms with Crippen LogP contribution in [0.15, 0.2) is 23.4 Å². The van der Waals surface area contributed by atoms with Crippen LogP contribution in [-0.2, 0) is 0 Å². The average molecular weight is 298 g/mol. The molecule has 6 heteroatoms. The van der Waals surface area contributed by atoms with Crippen molar-refractivity contribution in [2.24, 2.45) is 10.9 Å². The molecule has 0 aliphatic heterocycles. The molecular weight excluding hydrogens is 278 g/mol. The molecule has 2 rings (SSSR count). The van der Waals surface area contributed by atoms with E-state index < -0.39 is 5.60 Å². The van der Waals surface area contributed by atoms with Crippen LogP contribution in [0.4, 0.5) is 5.69 Å². The Kier molecular flexibility index (Phi) is 4.40. The molecule has 0 saturated heterocycles. The highest BCUT2D eigenvalue weighted by molar-refractivity contribution is 6.34. The van der Waals surface area contributed by atoms with Gasteiger partial charge in [0.15, 0.2) is 5.84 Å². The summed E-state index contributed by atoms with van der Waals surface area (Å²) >= 11 is 6.14. The van der Waals surface area contributed by atoms with Crippen molar-refractivity contribution < 1.29 is 10.3 Å². The molecule has 1 fully saturated rings. The van der Waals surface area contributed by atoms with Gasteiger partial charge in [-0.25, -0.2) is 0 Å². The van der Waals surface area contributed by atoms with Gasteiger partial charge in [-0.05, 0) is 25.0 Å². The van der Waals surface area contributed by atoms with Crippen LogP contribution in [0, 0.1) is 0 Å². The third kappa shape index (κ3) is 2.99. The van der Waals surface area contributed by atoms with Crippen LogP contribution in [0.25, 0.3) is 0 Å². The zero-order chi connectivity index (χ0) is 14.8. The molecular formula is C14H20ClN3O2. The molecule has 20 heavy (non-hydrogen) atoms. The van der Waals surface area contributed by atoms with Crippen molar-refractivity contribution in [2.75, 3.05) is 18.5 Å². The summed E-state index contributed by atoms with van der Waals surface area (Å²) in [4.78, 5) is 1.91. The monoisotopic (exact) mass is 297 g/mol. The predicted molar refractivity (Wildman–Crippen MR) is 80.7 cm³/mol. The number of halogens is 1. The SMILES string of the molecule is CN(CC1(O)CCCC1)c1cccc(Cl)c1/C(N)=N/O. The van der Waals surface area contributed by atoms with E-state index in [2.05, 4.69) is 5.16 Å². The number of anilines is 1. The first-order valence-corrected chi connectivity index (χ1v) is 7.04. The first-order valence-electron chi connectivity index (χ1n) is 6.67. The van der Waals surface area contributed by atoms with E-state index in [0.717, 1.165) is 31.4 Å². The Balaban J connectivity index is 2.30. The van der Waals surface area contributed by atoms with E-state index in [-0.39, 0.29) is 5.84 Å². The first-order chi connectivity index (χ1) is 9.47. The quantitative estimate of drug-likeness (QED) is 0.344. The second-order valence-electron chi connectivity index (χ2n) is 5.41. The number of aliphatic hydroxyl groups is 1. The van der Waals surface area contributed by atoms with E-state index in [1.54, 1.807) is 12.1 Å². The van der Waals surface area contributed by atoms with Gasteiger partial charge < -0.3 is 20.9 Å². The fourth-order valence-electron chi connectivity index (χ4n) is 2.85. The lowest BCUT2D eigenvalue weighted by molar-refractivity contribution is 0.0559. The highest BCUT2D eigenvalue weighted by atomic mass is 35.5. The van der Waals surface area contributed by atoms with E-state index in [1.165, 1.54) is 0 Å². The van der Waals surface area contributed by atoms with Crippen molar-refractivity contribution in [1.29, 1.82) is 0 Å². The van der Waals surface area contributed by atoms with Crippen LogP contribution in [0.5, 0.6) is 0 Å².